The minimum atomic E-state index is -3.65. The normalized spacial score (nSPS) is 22.1. The second-order valence-electron chi connectivity index (χ2n) is 6.52. The number of aromatic nitrogens is 2. The molecule has 132 valence electrons. The minimum absolute atomic E-state index is 0.0323. The van der Waals surface area contributed by atoms with Gasteiger partial charge in [0.1, 0.15) is 4.90 Å². The van der Waals surface area contributed by atoms with Gasteiger partial charge in [0.25, 0.3) is 10.0 Å². The maximum atomic E-state index is 13.1. The average molecular weight is 359 g/mol. The van der Waals surface area contributed by atoms with Crippen molar-refractivity contribution < 1.29 is 8.42 Å². The highest BCUT2D eigenvalue weighted by molar-refractivity contribution is 7.92. The van der Waals surface area contributed by atoms with Gasteiger partial charge in [-0.05, 0) is 37.1 Å². The number of rotatable bonds is 3. The molecule has 0 bridgehead atoms. The van der Waals surface area contributed by atoms with Gasteiger partial charge in [-0.15, -0.1) is 0 Å². The lowest BCUT2D eigenvalue weighted by Crippen LogP contribution is -2.43. The average Bonchev–Trinajstić information content (AvgIpc) is 3.04. The number of likely N-dealkylation sites (tertiary alicyclic amines) is 1. The Balaban J connectivity index is 1.69. The van der Waals surface area contributed by atoms with Crippen LogP contribution >= 0.6 is 0 Å². The standard InChI is InChI=1S/C17H21N5O2S/c18-13-5-9-21(10-6-13)16-12-22(15-4-2-8-20-17(15)16)25(23,24)14-3-1-7-19-11-14/h1-4,7-8,11,13,16H,5-6,9-10,12,18H2. The van der Waals surface area contributed by atoms with E-state index < -0.39 is 10.0 Å². The summed E-state index contributed by atoms with van der Waals surface area (Å²) in [5.41, 5.74) is 7.49. The monoisotopic (exact) mass is 359 g/mol. The van der Waals surface area contributed by atoms with E-state index in [1.165, 1.54) is 10.5 Å². The number of pyridine rings is 2. The third-order valence-corrected chi connectivity index (χ3v) is 6.74. The number of sulfonamides is 1. The van der Waals surface area contributed by atoms with E-state index in [4.69, 9.17) is 5.73 Å². The van der Waals surface area contributed by atoms with Crippen molar-refractivity contribution >= 4 is 15.7 Å². The van der Waals surface area contributed by atoms with Crippen LogP contribution in [0.1, 0.15) is 24.6 Å². The molecule has 2 aromatic heterocycles. The highest BCUT2D eigenvalue weighted by Gasteiger charge is 2.40. The summed E-state index contributed by atoms with van der Waals surface area (Å²) in [7, 11) is -3.65. The zero-order valence-electron chi connectivity index (χ0n) is 13.8. The van der Waals surface area contributed by atoms with Gasteiger partial charge in [0.05, 0.1) is 24.0 Å². The fourth-order valence-electron chi connectivity index (χ4n) is 3.59. The number of nitrogens with two attached hydrogens (primary N) is 1. The molecule has 4 heterocycles. The van der Waals surface area contributed by atoms with Crippen molar-refractivity contribution in [1.29, 1.82) is 0 Å². The second kappa shape index (κ2) is 6.36. The molecule has 25 heavy (non-hydrogen) atoms. The summed E-state index contributed by atoms with van der Waals surface area (Å²) < 4.78 is 27.7. The third kappa shape index (κ3) is 2.90. The molecule has 0 spiro atoms. The molecule has 2 aliphatic heterocycles. The molecule has 0 amide bonds. The fraction of sp³-hybridized carbons (Fsp3) is 0.412. The molecule has 8 heteroatoms. The van der Waals surface area contributed by atoms with Crippen molar-refractivity contribution in [3.8, 4) is 0 Å². The second-order valence-corrected chi connectivity index (χ2v) is 8.38. The Bertz CT molecular complexity index is 850. The van der Waals surface area contributed by atoms with E-state index in [0.717, 1.165) is 31.6 Å². The summed E-state index contributed by atoms with van der Waals surface area (Å²) in [4.78, 5) is 10.9. The molecule has 1 fully saturated rings. The lowest BCUT2D eigenvalue weighted by molar-refractivity contribution is 0.160. The van der Waals surface area contributed by atoms with Crippen LogP contribution in [0.25, 0.3) is 0 Å². The Kier molecular flexibility index (Phi) is 4.18. The van der Waals surface area contributed by atoms with E-state index in [-0.39, 0.29) is 17.0 Å². The smallest absolute Gasteiger partial charge is 0.265 e. The summed E-state index contributed by atoms with van der Waals surface area (Å²) in [6, 6.07) is 7.01. The molecule has 1 saturated heterocycles. The van der Waals surface area contributed by atoms with Gasteiger partial charge in [-0.25, -0.2) is 8.42 Å². The molecule has 7 nitrogen and oxygen atoms in total. The number of hydrogen-bond acceptors (Lipinski definition) is 6. The lowest BCUT2D eigenvalue weighted by Gasteiger charge is -2.34. The van der Waals surface area contributed by atoms with Crippen molar-refractivity contribution in [2.24, 2.45) is 5.73 Å². The summed E-state index contributed by atoms with van der Waals surface area (Å²) in [6.07, 6.45) is 6.53. The number of hydrogen-bond donors (Lipinski definition) is 1. The van der Waals surface area contributed by atoms with Crippen molar-refractivity contribution in [2.45, 2.75) is 29.8 Å². The van der Waals surface area contributed by atoms with Crippen molar-refractivity contribution in [3.05, 3.63) is 48.5 Å². The Labute approximate surface area is 147 Å². The van der Waals surface area contributed by atoms with Gasteiger partial charge < -0.3 is 5.73 Å². The SMILES string of the molecule is NC1CCN(C2CN(S(=O)(=O)c3cccnc3)c3cccnc32)CC1. The molecule has 0 aromatic carbocycles. The lowest BCUT2D eigenvalue weighted by atomic mass is 10.0. The summed E-state index contributed by atoms with van der Waals surface area (Å²) in [6.45, 7) is 2.10. The van der Waals surface area contributed by atoms with E-state index in [0.29, 0.717) is 12.2 Å². The predicted octanol–water partition coefficient (Wildman–Crippen LogP) is 1.15. The number of nitrogens with zero attached hydrogens (tertiary/aromatic N) is 4. The van der Waals surface area contributed by atoms with E-state index in [9.17, 15) is 8.42 Å². The van der Waals surface area contributed by atoms with E-state index in [1.54, 1.807) is 30.6 Å². The van der Waals surface area contributed by atoms with E-state index >= 15 is 0 Å². The Morgan fingerprint density at radius 2 is 1.88 bits per heavy atom. The predicted molar refractivity (Wildman–Crippen MR) is 94.5 cm³/mol. The molecule has 0 radical (unpaired) electrons. The van der Waals surface area contributed by atoms with E-state index in [1.807, 2.05) is 6.07 Å². The molecule has 0 saturated carbocycles. The van der Waals surface area contributed by atoms with Gasteiger partial charge in [-0.2, -0.15) is 0 Å². The Hall–Kier alpha value is -2.03. The molecule has 1 unspecified atom stereocenters. The highest BCUT2D eigenvalue weighted by Crippen LogP contribution is 2.40. The van der Waals surface area contributed by atoms with Gasteiger partial charge in [-0.1, -0.05) is 0 Å². The van der Waals surface area contributed by atoms with Crippen LogP contribution in [0.4, 0.5) is 5.69 Å². The minimum Gasteiger partial charge on any atom is -0.328 e. The molecule has 0 aliphatic carbocycles. The molecule has 2 aliphatic rings. The maximum Gasteiger partial charge on any atom is 0.265 e. The first kappa shape index (κ1) is 16.4. The van der Waals surface area contributed by atoms with Crippen LogP contribution in [0, 0.1) is 0 Å². The number of anilines is 1. The van der Waals surface area contributed by atoms with Crippen LogP contribution in [0.2, 0.25) is 0 Å². The first-order valence-corrected chi connectivity index (χ1v) is 9.88. The fourth-order valence-corrected chi connectivity index (χ4v) is 5.04. The zero-order chi connectivity index (χ0) is 17.4. The molecule has 4 rings (SSSR count). The zero-order valence-corrected chi connectivity index (χ0v) is 14.6. The highest BCUT2D eigenvalue weighted by atomic mass is 32.2. The van der Waals surface area contributed by atoms with Gasteiger partial charge in [-0.3, -0.25) is 19.2 Å². The van der Waals surface area contributed by atoms with Crippen molar-refractivity contribution in [1.82, 2.24) is 14.9 Å². The first-order valence-electron chi connectivity index (χ1n) is 8.44. The molecular weight excluding hydrogens is 338 g/mol. The summed E-state index contributed by atoms with van der Waals surface area (Å²) >= 11 is 0. The third-order valence-electron chi connectivity index (χ3n) is 4.98. The number of fused-ring (bicyclic) bond motifs is 1. The summed E-state index contributed by atoms with van der Waals surface area (Å²) in [5, 5.41) is 0. The molecule has 2 aromatic rings. The van der Waals surface area contributed by atoms with Gasteiger partial charge >= 0.3 is 0 Å². The van der Waals surface area contributed by atoms with Crippen LogP contribution < -0.4 is 10.0 Å². The van der Waals surface area contributed by atoms with Crippen LogP contribution in [-0.2, 0) is 10.0 Å². The van der Waals surface area contributed by atoms with Crippen LogP contribution in [0.15, 0.2) is 47.8 Å². The topological polar surface area (TPSA) is 92.4 Å². The van der Waals surface area contributed by atoms with E-state index in [2.05, 4.69) is 14.9 Å². The molecule has 2 N–H and O–H groups in total. The first-order chi connectivity index (χ1) is 12.1. The largest absolute Gasteiger partial charge is 0.328 e. The Morgan fingerprint density at radius 1 is 1.12 bits per heavy atom. The van der Waals surface area contributed by atoms with Crippen LogP contribution in [-0.4, -0.2) is 49.0 Å². The summed E-state index contributed by atoms with van der Waals surface area (Å²) in [5.74, 6) is 0. The van der Waals surface area contributed by atoms with Crippen molar-refractivity contribution in [2.75, 3.05) is 23.9 Å². The molecular formula is C17H21N5O2S. The quantitative estimate of drug-likeness (QED) is 0.884. The van der Waals surface area contributed by atoms with Crippen molar-refractivity contribution in [3.63, 3.8) is 0 Å². The Morgan fingerprint density at radius 3 is 2.60 bits per heavy atom. The maximum absolute atomic E-state index is 13.1. The van der Waals surface area contributed by atoms with Gasteiger partial charge in [0, 0.05) is 37.7 Å². The van der Waals surface area contributed by atoms with Gasteiger partial charge in [0.2, 0.25) is 0 Å². The number of piperidine rings is 1. The molecule has 1 atom stereocenters. The van der Waals surface area contributed by atoms with Crippen LogP contribution in [0.5, 0.6) is 0 Å². The van der Waals surface area contributed by atoms with Crippen LogP contribution in [0.3, 0.4) is 0 Å². The van der Waals surface area contributed by atoms with Gasteiger partial charge in [0.15, 0.2) is 0 Å².